The zero-order chi connectivity index (χ0) is 16.8. The van der Waals surface area contributed by atoms with E-state index >= 15 is 0 Å². The van der Waals surface area contributed by atoms with Crippen molar-refractivity contribution < 1.29 is 9.84 Å². The van der Waals surface area contributed by atoms with E-state index in [0.29, 0.717) is 0 Å². The van der Waals surface area contributed by atoms with Crippen LogP contribution in [0.1, 0.15) is 60.1 Å². The first kappa shape index (κ1) is 17.6. The van der Waals surface area contributed by atoms with Gasteiger partial charge in [0, 0.05) is 0 Å². The number of methoxy groups -OCH3 is 1. The van der Waals surface area contributed by atoms with Crippen LogP contribution < -0.4 is 4.74 Å². The summed E-state index contributed by atoms with van der Waals surface area (Å²) in [5.74, 6) is 0.865. The summed E-state index contributed by atoms with van der Waals surface area (Å²) in [7, 11) is 1.68. The highest BCUT2D eigenvalue weighted by Gasteiger charge is 2.15. The van der Waals surface area contributed by atoms with Crippen LogP contribution in [-0.2, 0) is 6.42 Å². The standard InChI is InChI=1S/C21H28O2/c1-5-6-7-8-17-9-11-18(12-10-17)21(22)19-13-14-20(23-4)16(3)15(19)2/h9-14,21-22H,5-8H2,1-4H3. The molecule has 0 aromatic heterocycles. The number of aryl methyl sites for hydroxylation is 1. The van der Waals surface area contributed by atoms with Gasteiger partial charge in [0.1, 0.15) is 11.9 Å². The van der Waals surface area contributed by atoms with Crippen LogP contribution in [0.15, 0.2) is 36.4 Å². The van der Waals surface area contributed by atoms with Gasteiger partial charge >= 0.3 is 0 Å². The van der Waals surface area contributed by atoms with Crippen molar-refractivity contribution >= 4 is 0 Å². The molecule has 0 bridgehead atoms. The summed E-state index contributed by atoms with van der Waals surface area (Å²) < 4.78 is 5.35. The Kier molecular flexibility index (Phi) is 6.23. The Balaban J connectivity index is 2.17. The number of hydrogen-bond acceptors (Lipinski definition) is 2. The van der Waals surface area contributed by atoms with Gasteiger partial charge in [-0.25, -0.2) is 0 Å². The van der Waals surface area contributed by atoms with E-state index in [4.69, 9.17) is 4.74 Å². The molecule has 1 atom stereocenters. The van der Waals surface area contributed by atoms with Crippen molar-refractivity contribution in [1.82, 2.24) is 0 Å². The predicted molar refractivity (Wildman–Crippen MR) is 96.2 cm³/mol. The van der Waals surface area contributed by atoms with Gasteiger partial charge < -0.3 is 9.84 Å². The summed E-state index contributed by atoms with van der Waals surface area (Å²) in [6.45, 7) is 6.29. The summed E-state index contributed by atoms with van der Waals surface area (Å²) in [5, 5.41) is 10.7. The van der Waals surface area contributed by atoms with Crippen molar-refractivity contribution in [3.63, 3.8) is 0 Å². The zero-order valence-corrected chi connectivity index (χ0v) is 14.7. The molecule has 0 spiro atoms. The Labute approximate surface area is 140 Å². The third kappa shape index (κ3) is 4.14. The van der Waals surface area contributed by atoms with Gasteiger partial charge in [0.15, 0.2) is 0 Å². The fourth-order valence-electron chi connectivity index (χ4n) is 2.96. The minimum absolute atomic E-state index is 0.593. The van der Waals surface area contributed by atoms with Crippen LogP contribution in [0.4, 0.5) is 0 Å². The first-order valence-electron chi connectivity index (χ1n) is 8.49. The highest BCUT2D eigenvalue weighted by molar-refractivity contribution is 5.46. The molecule has 0 aliphatic heterocycles. The molecule has 2 rings (SSSR count). The van der Waals surface area contributed by atoms with E-state index in [1.165, 1.54) is 24.8 Å². The van der Waals surface area contributed by atoms with Crippen molar-refractivity contribution in [1.29, 1.82) is 0 Å². The summed E-state index contributed by atoms with van der Waals surface area (Å²) in [5.41, 5.74) is 5.40. The van der Waals surface area contributed by atoms with Gasteiger partial charge in [-0.15, -0.1) is 0 Å². The Hall–Kier alpha value is -1.80. The van der Waals surface area contributed by atoms with E-state index in [-0.39, 0.29) is 0 Å². The highest BCUT2D eigenvalue weighted by Crippen LogP contribution is 2.31. The molecule has 1 N–H and O–H groups in total. The van der Waals surface area contributed by atoms with Gasteiger partial charge in [-0.1, -0.05) is 50.1 Å². The second-order valence-corrected chi connectivity index (χ2v) is 6.21. The van der Waals surface area contributed by atoms with Crippen LogP contribution in [0.2, 0.25) is 0 Å². The lowest BCUT2D eigenvalue weighted by Crippen LogP contribution is -2.04. The third-order valence-corrected chi connectivity index (χ3v) is 4.66. The quantitative estimate of drug-likeness (QED) is 0.718. The van der Waals surface area contributed by atoms with E-state index in [2.05, 4.69) is 19.1 Å². The van der Waals surface area contributed by atoms with Crippen LogP contribution in [0.5, 0.6) is 5.75 Å². The predicted octanol–water partition coefficient (Wildman–Crippen LogP) is 5.13. The van der Waals surface area contributed by atoms with Crippen molar-refractivity contribution in [2.75, 3.05) is 7.11 Å². The molecule has 2 heteroatoms. The molecule has 0 saturated heterocycles. The van der Waals surface area contributed by atoms with Gasteiger partial charge in [0.05, 0.1) is 7.11 Å². The molecule has 0 radical (unpaired) electrons. The van der Waals surface area contributed by atoms with E-state index in [1.807, 2.05) is 38.1 Å². The fourth-order valence-corrected chi connectivity index (χ4v) is 2.96. The molecule has 2 aromatic carbocycles. The van der Waals surface area contributed by atoms with Gasteiger partial charge in [-0.3, -0.25) is 0 Å². The topological polar surface area (TPSA) is 29.5 Å². The van der Waals surface area contributed by atoms with Gasteiger partial charge in [-0.2, -0.15) is 0 Å². The largest absolute Gasteiger partial charge is 0.496 e. The second-order valence-electron chi connectivity index (χ2n) is 6.21. The molecule has 0 fully saturated rings. The smallest absolute Gasteiger partial charge is 0.122 e. The first-order valence-corrected chi connectivity index (χ1v) is 8.49. The summed E-state index contributed by atoms with van der Waals surface area (Å²) >= 11 is 0. The summed E-state index contributed by atoms with van der Waals surface area (Å²) in [4.78, 5) is 0. The van der Waals surface area contributed by atoms with Crippen LogP contribution in [0, 0.1) is 13.8 Å². The number of aliphatic hydroxyl groups is 1. The maximum atomic E-state index is 10.7. The molecule has 0 aliphatic rings. The fraction of sp³-hybridized carbons (Fsp3) is 0.429. The number of unbranched alkanes of at least 4 members (excludes halogenated alkanes) is 2. The Morgan fingerprint density at radius 1 is 0.957 bits per heavy atom. The van der Waals surface area contributed by atoms with Crippen molar-refractivity contribution in [3.05, 3.63) is 64.2 Å². The maximum absolute atomic E-state index is 10.7. The maximum Gasteiger partial charge on any atom is 0.122 e. The normalized spacial score (nSPS) is 12.2. The molecule has 2 aromatic rings. The van der Waals surface area contributed by atoms with E-state index in [1.54, 1.807) is 7.11 Å². The molecule has 0 heterocycles. The van der Waals surface area contributed by atoms with E-state index < -0.39 is 6.10 Å². The van der Waals surface area contributed by atoms with E-state index in [0.717, 1.165) is 34.4 Å². The lowest BCUT2D eigenvalue weighted by atomic mass is 9.93. The Morgan fingerprint density at radius 2 is 1.65 bits per heavy atom. The number of hydrogen-bond donors (Lipinski definition) is 1. The van der Waals surface area contributed by atoms with Gasteiger partial charge in [0.25, 0.3) is 0 Å². The number of rotatable bonds is 7. The highest BCUT2D eigenvalue weighted by atomic mass is 16.5. The van der Waals surface area contributed by atoms with Crippen molar-refractivity contribution in [3.8, 4) is 5.75 Å². The number of aliphatic hydroxyl groups excluding tert-OH is 1. The first-order chi connectivity index (χ1) is 11.1. The van der Waals surface area contributed by atoms with E-state index in [9.17, 15) is 5.11 Å². The third-order valence-electron chi connectivity index (χ3n) is 4.66. The minimum Gasteiger partial charge on any atom is -0.496 e. The Morgan fingerprint density at radius 3 is 2.26 bits per heavy atom. The molecule has 0 aliphatic carbocycles. The molecule has 23 heavy (non-hydrogen) atoms. The molecule has 124 valence electrons. The Bertz CT molecular complexity index is 629. The van der Waals surface area contributed by atoms with Crippen LogP contribution >= 0.6 is 0 Å². The molecule has 0 amide bonds. The van der Waals surface area contributed by atoms with Gasteiger partial charge in [-0.05, 0) is 60.6 Å². The van der Waals surface area contributed by atoms with Gasteiger partial charge in [0.2, 0.25) is 0 Å². The van der Waals surface area contributed by atoms with Crippen molar-refractivity contribution in [2.24, 2.45) is 0 Å². The minimum atomic E-state index is -0.593. The summed E-state index contributed by atoms with van der Waals surface area (Å²) in [6, 6.07) is 12.3. The number of benzene rings is 2. The van der Waals surface area contributed by atoms with Crippen LogP contribution in [-0.4, -0.2) is 12.2 Å². The second kappa shape index (κ2) is 8.16. The molecular weight excluding hydrogens is 284 g/mol. The SMILES string of the molecule is CCCCCc1ccc(C(O)c2ccc(OC)c(C)c2C)cc1. The van der Waals surface area contributed by atoms with Crippen LogP contribution in [0.3, 0.4) is 0 Å². The monoisotopic (exact) mass is 312 g/mol. The molecular formula is C21H28O2. The zero-order valence-electron chi connectivity index (χ0n) is 14.7. The van der Waals surface area contributed by atoms with Crippen LogP contribution in [0.25, 0.3) is 0 Å². The molecule has 2 nitrogen and oxygen atoms in total. The molecule has 0 saturated carbocycles. The average Bonchev–Trinajstić information content (AvgIpc) is 2.57. The summed E-state index contributed by atoms with van der Waals surface area (Å²) in [6.07, 6.45) is 4.27. The number of ether oxygens (including phenoxy) is 1. The lowest BCUT2D eigenvalue weighted by Gasteiger charge is -2.18. The average molecular weight is 312 g/mol. The molecule has 1 unspecified atom stereocenters. The van der Waals surface area contributed by atoms with Crippen molar-refractivity contribution in [2.45, 2.75) is 52.6 Å². The lowest BCUT2D eigenvalue weighted by molar-refractivity contribution is 0.219.